The molecule has 0 amide bonds. The first kappa shape index (κ1) is 23.7. The fourth-order valence-electron chi connectivity index (χ4n) is 3.14. The molecule has 142 valence electrons. The number of hydrogen-bond donors (Lipinski definition) is 1. The van der Waals surface area contributed by atoms with Gasteiger partial charge in [0.15, 0.2) is 5.96 Å². The lowest BCUT2D eigenvalue weighted by atomic mass is 10.2. The molecule has 0 spiro atoms. The van der Waals surface area contributed by atoms with E-state index < -0.39 is 0 Å². The number of ether oxygens (including phenoxy) is 1. The lowest BCUT2D eigenvalue weighted by molar-refractivity contribution is 0.141. The maximum absolute atomic E-state index is 5.21. The topological polar surface area (TPSA) is 40.1 Å². The second-order valence-corrected chi connectivity index (χ2v) is 6.31. The molecule has 0 aromatic carbocycles. The van der Waals surface area contributed by atoms with Crippen molar-refractivity contribution < 1.29 is 4.74 Å². The summed E-state index contributed by atoms with van der Waals surface area (Å²) in [6.07, 6.45) is 9.36. The number of guanidine groups is 1. The summed E-state index contributed by atoms with van der Waals surface area (Å²) in [4.78, 5) is 9.19. The highest BCUT2D eigenvalue weighted by atomic mass is 127. The highest BCUT2D eigenvalue weighted by Crippen LogP contribution is 2.15. The SMILES string of the molecule is C=CCCCCCN(C)C(=NC)NCC1CCCN1CCOC.I. The largest absolute Gasteiger partial charge is 0.383 e. The van der Waals surface area contributed by atoms with Gasteiger partial charge in [0.05, 0.1) is 6.61 Å². The van der Waals surface area contributed by atoms with Crippen LogP contribution < -0.4 is 5.32 Å². The van der Waals surface area contributed by atoms with Gasteiger partial charge < -0.3 is 15.0 Å². The Labute approximate surface area is 165 Å². The van der Waals surface area contributed by atoms with Crippen LogP contribution >= 0.6 is 24.0 Å². The summed E-state index contributed by atoms with van der Waals surface area (Å²) in [5.74, 6) is 1.01. The normalized spacial score (nSPS) is 18.3. The molecule has 0 aromatic rings. The van der Waals surface area contributed by atoms with Crippen LogP contribution in [0.3, 0.4) is 0 Å². The number of aliphatic imine (C=N–C) groups is 1. The van der Waals surface area contributed by atoms with E-state index in [0.29, 0.717) is 6.04 Å². The number of halogens is 1. The van der Waals surface area contributed by atoms with Crippen molar-refractivity contribution in [3.63, 3.8) is 0 Å². The first-order valence-electron chi connectivity index (χ1n) is 8.98. The molecule has 0 aromatic heterocycles. The molecule has 5 nitrogen and oxygen atoms in total. The van der Waals surface area contributed by atoms with Crippen molar-refractivity contribution in [2.75, 3.05) is 54.0 Å². The lowest BCUT2D eigenvalue weighted by Gasteiger charge is -2.27. The summed E-state index contributed by atoms with van der Waals surface area (Å²) in [7, 11) is 5.77. The predicted octanol–water partition coefficient (Wildman–Crippen LogP) is 2.97. The van der Waals surface area contributed by atoms with Gasteiger partial charge in [-0.3, -0.25) is 9.89 Å². The van der Waals surface area contributed by atoms with Gasteiger partial charge >= 0.3 is 0 Å². The number of allylic oxidation sites excluding steroid dienone is 1. The molecule has 1 fully saturated rings. The standard InChI is InChI=1S/C18H36N4O.HI/c1-5-6-7-8-9-12-21(3)18(19-2)20-16-17-11-10-13-22(17)14-15-23-4;/h5,17H,1,6-16H2,2-4H3,(H,19,20);1H. The van der Waals surface area contributed by atoms with Gasteiger partial charge in [0, 0.05) is 46.9 Å². The lowest BCUT2D eigenvalue weighted by Crippen LogP contribution is -2.46. The van der Waals surface area contributed by atoms with Crippen molar-refractivity contribution in [2.45, 2.75) is 44.6 Å². The van der Waals surface area contributed by atoms with Crippen molar-refractivity contribution in [1.29, 1.82) is 0 Å². The van der Waals surface area contributed by atoms with Crippen molar-refractivity contribution in [3.8, 4) is 0 Å². The van der Waals surface area contributed by atoms with E-state index in [1.807, 2.05) is 13.1 Å². The van der Waals surface area contributed by atoms with Crippen LogP contribution in [-0.2, 0) is 4.74 Å². The van der Waals surface area contributed by atoms with Gasteiger partial charge in [-0.25, -0.2) is 0 Å². The summed E-state index contributed by atoms with van der Waals surface area (Å²) in [6, 6.07) is 0.600. The van der Waals surface area contributed by atoms with Crippen molar-refractivity contribution >= 4 is 29.9 Å². The Bertz CT molecular complexity index is 352. The van der Waals surface area contributed by atoms with Crippen LogP contribution in [0.15, 0.2) is 17.6 Å². The van der Waals surface area contributed by atoms with Crippen molar-refractivity contribution in [2.24, 2.45) is 4.99 Å². The average Bonchev–Trinajstić information content (AvgIpc) is 3.00. The Morgan fingerprint density at radius 2 is 2.21 bits per heavy atom. The Hall–Kier alpha value is -0.340. The predicted molar refractivity (Wildman–Crippen MR) is 115 cm³/mol. The van der Waals surface area contributed by atoms with Crippen molar-refractivity contribution in [3.05, 3.63) is 12.7 Å². The maximum atomic E-state index is 5.21. The maximum Gasteiger partial charge on any atom is 0.193 e. The molecular formula is C18H37IN4O. The number of methoxy groups -OCH3 is 1. The number of nitrogens with zero attached hydrogens (tertiary/aromatic N) is 3. The van der Waals surface area contributed by atoms with Crippen LogP contribution in [0.1, 0.15) is 38.5 Å². The first-order valence-corrected chi connectivity index (χ1v) is 8.98. The smallest absolute Gasteiger partial charge is 0.193 e. The molecule has 1 aliphatic heterocycles. The Balaban J connectivity index is 0.00000529. The fraction of sp³-hybridized carbons (Fsp3) is 0.833. The third-order valence-electron chi connectivity index (χ3n) is 4.55. The highest BCUT2D eigenvalue weighted by molar-refractivity contribution is 14.0. The number of nitrogens with one attached hydrogen (secondary N) is 1. The zero-order chi connectivity index (χ0) is 16.9. The molecule has 1 saturated heterocycles. The molecule has 1 rings (SSSR count). The monoisotopic (exact) mass is 452 g/mol. The van der Waals surface area contributed by atoms with Gasteiger partial charge in [0.25, 0.3) is 0 Å². The van der Waals surface area contributed by atoms with E-state index in [2.05, 4.69) is 33.7 Å². The van der Waals surface area contributed by atoms with Crippen LogP contribution in [0.25, 0.3) is 0 Å². The first-order chi connectivity index (χ1) is 11.2. The molecule has 1 atom stereocenters. The average molecular weight is 452 g/mol. The molecule has 0 radical (unpaired) electrons. The van der Waals surface area contributed by atoms with E-state index in [1.165, 1.54) is 38.6 Å². The zero-order valence-corrected chi connectivity index (χ0v) is 18.1. The summed E-state index contributed by atoms with van der Waals surface area (Å²) < 4.78 is 5.21. The van der Waals surface area contributed by atoms with E-state index in [1.54, 1.807) is 7.11 Å². The van der Waals surface area contributed by atoms with Gasteiger partial charge in [-0.1, -0.05) is 12.5 Å². The molecule has 1 aliphatic rings. The molecular weight excluding hydrogens is 415 g/mol. The van der Waals surface area contributed by atoms with Crippen LogP contribution in [-0.4, -0.2) is 75.8 Å². The molecule has 1 heterocycles. The van der Waals surface area contributed by atoms with Crippen LogP contribution in [0.5, 0.6) is 0 Å². The van der Waals surface area contributed by atoms with Gasteiger partial charge in [0.2, 0.25) is 0 Å². The number of likely N-dealkylation sites (tertiary alicyclic amines) is 1. The molecule has 0 saturated carbocycles. The van der Waals surface area contributed by atoms with E-state index in [9.17, 15) is 0 Å². The Morgan fingerprint density at radius 3 is 2.88 bits per heavy atom. The number of rotatable bonds is 11. The molecule has 0 aliphatic carbocycles. The van der Waals surface area contributed by atoms with Gasteiger partial charge in [0.1, 0.15) is 0 Å². The number of hydrogen-bond acceptors (Lipinski definition) is 3. The second kappa shape index (κ2) is 15.0. The highest BCUT2D eigenvalue weighted by Gasteiger charge is 2.24. The second-order valence-electron chi connectivity index (χ2n) is 6.31. The Kier molecular flexibility index (Phi) is 14.7. The summed E-state index contributed by atoms with van der Waals surface area (Å²) >= 11 is 0. The van der Waals surface area contributed by atoms with E-state index in [4.69, 9.17) is 4.74 Å². The number of unbranched alkanes of at least 4 members (excludes halogenated alkanes) is 3. The van der Waals surface area contributed by atoms with Crippen molar-refractivity contribution in [1.82, 2.24) is 15.1 Å². The fourth-order valence-corrected chi connectivity index (χ4v) is 3.14. The minimum absolute atomic E-state index is 0. The molecule has 1 N–H and O–H groups in total. The molecule has 1 unspecified atom stereocenters. The zero-order valence-electron chi connectivity index (χ0n) is 15.8. The van der Waals surface area contributed by atoms with Gasteiger partial charge in [-0.2, -0.15) is 0 Å². The Morgan fingerprint density at radius 1 is 1.42 bits per heavy atom. The van der Waals surface area contributed by atoms with E-state index >= 15 is 0 Å². The molecule has 6 heteroatoms. The summed E-state index contributed by atoms with van der Waals surface area (Å²) in [5, 5.41) is 3.55. The minimum atomic E-state index is 0. The summed E-state index contributed by atoms with van der Waals surface area (Å²) in [6.45, 7) is 8.82. The molecule has 0 bridgehead atoms. The van der Waals surface area contributed by atoms with Crippen LogP contribution in [0.4, 0.5) is 0 Å². The minimum Gasteiger partial charge on any atom is -0.383 e. The third kappa shape index (κ3) is 9.22. The third-order valence-corrected chi connectivity index (χ3v) is 4.55. The quantitative estimate of drug-likeness (QED) is 0.172. The molecule has 24 heavy (non-hydrogen) atoms. The summed E-state index contributed by atoms with van der Waals surface area (Å²) in [5.41, 5.74) is 0. The van der Waals surface area contributed by atoms with E-state index in [-0.39, 0.29) is 24.0 Å². The van der Waals surface area contributed by atoms with Crippen LogP contribution in [0, 0.1) is 0 Å². The van der Waals surface area contributed by atoms with Gasteiger partial charge in [-0.15, -0.1) is 30.6 Å². The van der Waals surface area contributed by atoms with E-state index in [0.717, 1.165) is 38.6 Å². The van der Waals surface area contributed by atoms with Crippen LogP contribution in [0.2, 0.25) is 0 Å². The van der Waals surface area contributed by atoms with Gasteiger partial charge in [-0.05, 0) is 38.6 Å².